The first-order valence-electron chi connectivity index (χ1n) is 12.6. The normalized spacial score (nSPS) is 11.7. The Kier molecular flexibility index (Phi) is 6.92. The average molecular weight is 622 g/mol. The fraction of sp³-hybridized carbons (Fsp3) is 0.138. The van der Waals surface area contributed by atoms with Gasteiger partial charge < -0.3 is 13.8 Å². The molecule has 0 bridgehead atoms. The van der Waals surface area contributed by atoms with Crippen LogP contribution >= 0.6 is 22.9 Å². The van der Waals surface area contributed by atoms with Crippen molar-refractivity contribution in [3.8, 4) is 33.6 Å². The van der Waals surface area contributed by atoms with Gasteiger partial charge >= 0.3 is 16.1 Å². The third kappa shape index (κ3) is 5.08. The van der Waals surface area contributed by atoms with Gasteiger partial charge in [0.05, 0.1) is 35.6 Å². The zero-order valence-corrected chi connectivity index (χ0v) is 25.3. The van der Waals surface area contributed by atoms with Gasteiger partial charge in [-0.25, -0.2) is 9.55 Å². The number of rotatable bonds is 7. The van der Waals surface area contributed by atoms with E-state index in [1.807, 2.05) is 66.0 Å². The summed E-state index contributed by atoms with van der Waals surface area (Å²) < 4.78 is 38.5. The van der Waals surface area contributed by atoms with Gasteiger partial charge in [-0.05, 0) is 66.2 Å². The van der Waals surface area contributed by atoms with Crippen molar-refractivity contribution in [3.05, 3.63) is 88.2 Å². The molecule has 6 rings (SSSR count). The summed E-state index contributed by atoms with van der Waals surface area (Å²) in [5, 5.41) is 0.589. The topological polar surface area (TPSA) is 109 Å². The van der Waals surface area contributed by atoms with Crippen molar-refractivity contribution in [2.75, 3.05) is 32.4 Å². The first-order valence-corrected chi connectivity index (χ1v) is 15.6. The summed E-state index contributed by atoms with van der Waals surface area (Å²) in [6.45, 7) is 0. The van der Waals surface area contributed by atoms with Crippen LogP contribution in [0.2, 0.25) is 5.02 Å². The second kappa shape index (κ2) is 10.5. The van der Waals surface area contributed by atoms with Gasteiger partial charge in [0, 0.05) is 29.7 Å². The second-order valence-corrected chi connectivity index (χ2v) is 12.7. The van der Waals surface area contributed by atoms with Gasteiger partial charge in [0.15, 0.2) is 0 Å². The Labute approximate surface area is 250 Å². The van der Waals surface area contributed by atoms with Crippen LogP contribution in [0.15, 0.2) is 77.6 Å². The molecule has 42 heavy (non-hydrogen) atoms. The number of imidazole rings is 1. The molecule has 0 aliphatic carbocycles. The van der Waals surface area contributed by atoms with E-state index in [0.717, 1.165) is 38.2 Å². The molecule has 3 heterocycles. The summed E-state index contributed by atoms with van der Waals surface area (Å²) >= 11 is 7.29. The zero-order valence-electron chi connectivity index (χ0n) is 22.9. The van der Waals surface area contributed by atoms with Crippen molar-refractivity contribution < 1.29 is 17.3 Å². The van der Waals surface area contributed by atoms with Crippen LogP contribution in [0.3, 0.4) is 0 Å². The maximum Gasteiger partial charge on any atom is 0.321 e. The molecular weight excluding hydrogens is 598 g/mol. The van der Waals surface area contributed by atoms with Gasteiger partial charge in [0.25, 0.3) is 5.56 Å². The number of fused-ring (bicyclic) bond motifs is 2. The number of thiophene rings is 1. The molecule has 0 fully saturated rings. The van der Waals surface area contributed by atoms with Gasteiger partial charge in [0.2, 0.25) is 5.95 Å². The largest absolute Gasteiger partial charge is 0.497 e. The molecule has 0 radical (unpaired) electrons. The number of anilines is 1. The highest BCUT2D eigenvalue weighted by atomic mass is 35.5. The third-order valence-electron chi connectivity index (χ3n) is 6.48. The predicted molar refractivity (Wildman–Crippen MR) is 167 cm³/mol. The monoisotopic (exact) mass is 621 g/mol. The Hall–Kier alpha value is -4.39. The molecule has 0 amide bonds. The quantitative estimate of drug-likeness (QED) is 0.215. The molecule has 10 nitrogen and oxygen atoms in total. The molecule has 3 aromatic heterocycles. The summed E-state index contributed by atoms with van der Waals surface area (Å²) in [6, 6.07) is 21.4. The van der Waals surface area contributed by atoms with Crippen LogP contribution in [0.25, 0.3) is 43.1 Å². The molecule has 0 aliphatic rings. The van der Waals surface area contributed by atoms with E-state index in [0.29, 0.717) is 32.4 Å². The lowest BCUT2D eigenvalue weighted by Crippen LogP contribution is -2.23. The lowest BCUT2D eigenvalue weighted by Gasteiger charge is -2.15. The van der Waals surface area contributed by atoms with Crippen molar-refractivity contribution >= 4 is 60.3 Å². The average Bonchev–Trinajstić information content (AvgIpc) is 3.55. The molecule has 0 spiro atoms. The number of halogens is 1. The molecule has 6 aromatic rings. The maximum atomic E-state index is 13.9. The van der Waals surface area contributed by atoms with Gasteiger partial charge in [0.1, 0.15) is 10.4 Å². The van der Waals surface area contributed by atoms with Crippen LogP contribution in [0.1, 0.15) is 0 Å². The lowest BCUT2D eigenvalue weighted by atomic mass is 10.2. The molecule has 3 aromatic carbocycles. The van der Waals surface area contributed by atoms with E-state index in [1.54, 1.807) is 37.4 Å². The SMILES string of the molecule is COc1ccc(-n2c(N(C)C)nc3cc(-n4c(OS(C)(=O)=O)nc5cc(-c6ccc(Cl)cc6)sc5c4=O)ccc32)cc1. The minimum atomic E-state index is -4.01. The molecule has 214 valence electrons. The van der Waals surface area contributed by atoms with Crippen molar-refractivity contribution in [1.29, 1.82) is 0 Å². The van der Waals surface area contributed by atoms with Gasteiger partial charge in [-0.15, -0.1) is 11.3 Å². The summed E-state index contributed by atoms with van der Waals surface area (Å²) in [7, 11) is 1.37. The lowest BCUT2D eigenvalue weighted by molar-refractivity contribution is 0.415. The standard InChI is InChI=1S/C29H24ClN5O5S2/c1-33(2)28-31-22-15-20(11-14-24(22)34(28)19-9-12-21(39-3)13-10-19)35-27(36)26-23(32-29(35)40-42(4,37)38)16-25(41-26)17-5-7-18(30)8-6-17/h5-16H,1-4H3. The van der Waals surface area contributed by atoms with E-state index in [4.69, 9.17) is 25.5 Å². The fourth-order valence-electron chi connectivity index (χ4n) is 4.62. The first kappa shape index (κ1) is 27.8. The Balaban J connectivity index is 1.55. The maximum absolute atomic E-state index is 13.9. The molecule has 0 saturated heterocycles. The Bertz CT molecular complexity index is 2130. The van der Waals surface area contributed by atoms with Crippen LogP contribution in [0.4, 0.5) is 5.95 Å². The summed E-state index contributed by atoms with van der Waals surface area (Å²) in [4.78, 5) is 25.9. The summed E-state index contributed by atoms with van der Waals surface area (Å²) in [6.07, 6.45) is 0.906. The van der Waals surface area contributed by atoms with E-state index in [2.05, 4.69) is 4.98 Å². The Morgan fingerprint density at radius 2 is 1.57 bits per heavy atom. The molecule has 0 saturated carbocycles. The molecular formula is C29H24ClN5O5S2. The number of hydrogen-bond acceptors (Lipinski definition) is 9. The van der Waals surface area contributed by atoms with E-state index < -0.39 is 15.7 Å². The first-order chi connectivity index (χ1) is 20.0. The number of methoxy groups -OCH3 is 1. The second-order valence-electron chi connectivity index (χ2n) is 9.67. The molecule has 13 heteroatoms. The summed E-state index contributed by atoms with van der Waals surface area (Å²) in [5.41, 5.74) is 3.28. The van der Waals surface area contributed by atoms with E-state index in [9.17, 15) is 13.2 Å². The molecule has 0 atom stereocenters. The number of aromatic nitrogens is 4. The Morgan fingerprint density at radius 1 is 0.881 bits per heavy atom. The van der Waals surface area contributed by atoms with Crippen molar-refractivity contribution in [3.63, 3.8) is 0 Å². The number of ether oxygens (including phenoxy) is 1. The smallest absolute Gasteiger partial charge is 0.321 e. The number of nitrogens with zero attached hydrogens (tertiary/aromatic N) is 5. The van der Waals surface area contributed by atoms with Gasteiger partial charge in [-0.2, -0.15) is 13.4 Å². The number of hydrogen-bond donors (Lipinski definition) is 0. The minimum absolute atomic E-state index is 0.324. The zero-order chi connectivity index (χ0) is 29.8. The highest BCUT2D eigenvalue weighted by Gasteiger charge is 2.22. The molecule has 0 N–H and O–H groups in total. The molecule has 0 aliphatic heterocycles. The van der Waals surface area contributed by atoms with Crippen LogP contribution < -0.4 is 19.4 Å². The van der Waals surface area contributed by atoms with E-state index in [-0.39, 0.29) is 6.01 Å². The van der Waals surface area contributed by atoms with E-state index in [1.165, 1.54) is 11.3 Å². The minimum Gasteiger partial charge on any atom is -0.497 e. The predicted octanol–water partition coefficient (Wildman–Crippen LogP) is 5.52. The third-order valence-corrected chi connectivity index (χ3v) is 8.35. The van der Waals surface area contributed by atoms with Crippen LogP contribution in [-0.4, -0.2) is 55.0 Å². The van der Waals surface area contributed by atoms with Crippen molar-refractivity contribution in [1.82, 2.24) is 19.1 Å². The highest BCUT2D eigenvalue weighted by molar-refractivity contribution is 7.86. The van der Waals surface area contributed by atoms with Crippen LogP contribution in [-0.2, 0) is 10.1 Å². The summed E-state index contributed by atoms with van der Waals surface area (Å²) in [5.74, 6) is 1.39. The van der Waals surface area contributed by atoms with E-state index >= 15 is 0 Å². The molecule has 0 unspecified atom stereocenters. The van der Waals surface area contributed by atoms with Crippen molar-refractivity contribution in [2.24, 2.45) is 0 Å². The number of benzene rings is 3. The van der Waals surface area contributed by atoms with Gasteiger partial charge in [-0.3, -0.25) is 9.36 Å². The highest BCUT2D eigenvalue weighted by Crippen LogP contribution is 2.34. The van der Waals surface area contributed by atoms with Crippen molar-refractivity contribution in [2.45, 2.75) is 0 Å². The van der Waals surface area contributed by atoms with Crippen LogP contribution in [0.5, 0.6) is 11.8 Å². The Morgan fingerprint density at radius 3 is 2.21 bits per heavy atom. The van der Waals surface area contributed by atoms with Gasteiger partial charge in [-0.1, -0.05) is 23.7 Å². The van der Waals surface area contributed by atoms with Crippen LogP contribution in [0, 0.1) is 0 Å². The fourth-order valence-corrected chi connectivity index (χ4v) is 6.16.